The van der Waals surface area contributed by atoms with E-state index < -0.39 is 5.54 Å². The van der Waals surface area contributed by atoms with Crippen LogP contribution in [0.15, 0.2) is 73.3 Å². The van der Waals surface area contributed by atoms with Crippen molar-refractivity contribution in [2.75, 3.05) is 24.7 Å². The van der Waals surface area contributed by atoms with E-state index in [0.29, 0.717) is 6.67 Å². The van der Waals surface area contributed by atoms with E-state index in [1.807, 2.05) is 30.7 Å². The number of likely N-dealkylation sites (tertiary alicyclic amines) is 1. The maximum atomic E-state index is 12.8. The van der Waals surface area contributed by atoms with Crippen LogP contribution in [-0.2, 0) is 17.9 Å². The summed E-state index contributed by atoms with van der Waals surface area (Å²) < 4.78 is 2.07. The molecule has 30 heavy (non-hydrogen) atoms. The van der Waals surface area contributed by atoms with Gasteiger partial charge in [-0.25, -0.2) is 4.98 Å². The number of piperidine rings is 1. The molecule has 2 fully saturated rings. The Hall–Kier alpha value is -3.12. The average Bonchev–Trinajstić information content (AvgIpc) is 3.40. The van der Waals surface area contributed by atoms with Gasteiger partial charge in [0.1, 0.15) is 5.54 Å². The van der Waals surface area contributed by atoms with Gasteiger partial charge in [-0.3, -0.25) is 9.69 Å². The molecular formula is C24H27N5O. The quantitative estimate of drug-likeness (QED) is 0.714. The molecule has 1 amide bonds. The van der Waals surface area contributed by atoms with Gasteiger partial charge >= 0.3 is 0 Å². The van der Waals surface area contributed by atoms with Crippen molar-refractivity contribution in [1.82, 2.24) is 19.8 Å². The van der Waals surface area contributed by atoms with Crippen LogP contribution in [0.1, 0.15) is 24.0 Å². The topological polar surface area (TPSA) is 53.4 Å². The number of imidazole rings is 1. The Balaban J connectivity index is 1.22. The number of benzene rings is 2. The molecule has 2 aliphatic heterocycles. The monoisotopic (exact) mass is 401 g/mol. The van der Waals surface area contributed by atoms with Gasteiger partial charge in [0.2, 0.25) is 5.91 Å². The molecule has 1 aromatic heterocycles. The van der Waals surface area contributed by atoms with Gasteiger partial charge < -0.3 is 14.8 Å². The van der Waals surface area contributed by atoms with E-state index in [2.05, 4.69) is 61.1 Å². The molecule has 2 saturated heterocycles. The molecule has 0 saturated carbocycles. The normalized spacial score (nSPS) is 18.7. The van der Waals surface area contributed by atoms with Crippen LogP contribution in [0.4, 0.5) is 5.69 Å². The maximum Gasteiger partial charge on any atom is 0.247 e. The Labute approximate surface area is 177 Å². The molecule has 3 heterocycles. The third-order valence-corrected chi connectivity index (χ3v) is 6.44. The molecule has 0 bridgehead atoms. The van der Waals surface area contributed by atoms with Crippen molar-refractivity contribution in [3.05, 3.63) is 84.4 Å². The third kappa shape index (κ3) is 3.59. The number of hydrogen-bond donors (Lipinski definition) is 1. The van der Waals surface area contributed by atoms with Crippen LogP contribution in [0.25, 0.3) is 0 Å². The zero-order valence-corrected chi connectivity index (χ0v) is 17.1. The van der Waals surface area contributed by atoms with Crippen LogP contribution in [0.5, 0.6) is 0 Å². The predicted octanol–water partition coefficient (Wildman–Crippen LogP) is 2.86. The number of anilines is 1. The number of para-hydroxylation sites is 1. The van der Waals surface area contributed by atoms with E-state index in [1.54, 1.807) is 6.20 Å². The van der Waals surface area contributed by atoms with E-state index in [9.17, 15) is 4.79 Å². The highest BCUT2D eigenvalue weighted by Crippen LogP contribution is 2.36. The van der Waals surface area contributed by atoms with Crippen molar-refractivity contribution in [3.8, 4) is 0 Å². The van der Waals surface area contributed by atoms with E-state index in [4.69, 9.17) is 0 Å². The van der Waals surface area contributed by atoms with Crippen LogP contribution in [0, 0.1) is 0 Å². The lowest BCUT2D eigenvalue weighted by Gasteiger charge is -2.43. The summed E-state index contributed by atoms with van der Waals surface area (Å²) in [5.74, 6) is 0.176. The van der Waals surface area contributed by atoms with E-state index >= 15 is 0 Å². The van der Waals surface area contributed by atoms with Crippen molar-refractivity contribution < 1.29 is 4.79 Å². The van der Waals surface area contributed by atoms with Crippen LogP contribution in [-0.4, -0.2) is 45.7 Å². The van der Waals surface area contributed by atoms with Crippen molar-refractivity contribution >= 4 is 11.6 Å². The predicted molar refractivity (Wildman–Crippen MR) is 117 cm³/mol. The number of nitrogens with one attached hydrogen (secondary N) is 1. The Morgan fingerprint density at radius 3 is 2.30 bits per heavy atom. The van der Waals surface area contributed by atoms with Gasteiger partial charge in [-0.05, 0) is 36.1 Å². The van der Waals surface area contributed by atoms with E-state index in [-0.39, 0.29) is 5.91 Å². The van der Waals surface area contributed by atoms with E-state index in [1.165, 1.54) is 11.1 Å². The highest BCUT2D eigenvalue weighted by Gasteiger charge is 2.50. The highest BCUT2D eigenvalue weighted by molar-refractivity contribution is 5.93. The van der Waals surface area contributed by atoms with Gasteiger partial charge in [0.05, 0.1) is 13.0 Å². The summed E-state index contributed by atoms with van der Waals surface area (Å²) in [6.45, 7) is 4.22. The molecule has 5 rings (SSSR count). The number of rotatable bonds is 5. The highest BCUT2D eigenvalue weighted by atomic mass is 16.2. The first-order chi connectivity index (χ1) is 14.7. The van der Waals surface area contributed by atoms with Gasteiger partial charge in [0, 0.05) is 44.3 Å². The SMILES string of the molecule is O=C1NCN(c2ccccc2)C12CCN(Cc1ccc(Cn3ccnc3)cc1)CC2. The molecule has 0 atom stereocenters. The molecule has 1 spiro atoms. The summed E-state index contributed by atoms with van der Waals surface area (Å²) in [4.78, 5) is 21.6. The molecule has 3 aromatic rings. The van der Waals surface area contributed by atoms with Crippen LogP contribution < -0.4 is 10.2 Å². The molecule has 2 aromatic carbocycles. The van der Waals surface area contributed by atoms with Gasteiger partial charge in [0.25, 0.3) is 0 Å². The largest absolute Gasteiger partial charge is 0.339 e. The molecule has 1 N–H and O–H groups in total. The zero-order chi connectivity index (χ0) is 20.4. The van der Waals surface area contributed by atoms with Crippen molar-refractivity contribution in [3.63, 3.8) is 0 Å². The second kappa shape index (κ2) is 7.95. The summed E-state index contributed by atoms with van der Waals surface area (Å²) in [5, 5.41) is 3.08. The van der Waals surface area contributed by atoms with Crippen molar-refractivity contribution in [1.29, 1.82) is 0 Å². The molecule has 6 nitrogen and oxygen atoms in total. The fourth-order valence-corrected chi connectivity index (χ4v) is 4.71. The van der Waals surface area contributed by atoms with Gasteiger partial charge in [-0.1, -0.05) is 42.5 Å². The smallest absolute Gasteiger partial charge is 0.247 e. The first-order valence-electron chi connectivity index (χ1n) is 10.6. The number of aromatic nitrogens is 2. The summed E-state index contributed by atoms with van der Waals surface area (Å²) in [7, 11) is 0. The van der Waals surface area contributed by atoms with Gasteiger partial charge in [0.15, 0.2) is 0 Å². The second-order valence-electron chi connectivity index (χ2n) is 8.29. The summed E-state index contributed by atoms with van der Waals surface area (Å²) in [5.41, 5.74) is 3.30. The summed E-state index contributed by atoms with van der Waals surface area (Å²) in [6.07, 6.45) is 7.34. The Kier molecular flexibility index (Phi) is 5.01. The lowest BCUT2D eigenvalue weighted by atomic mass is 9.85. The summed E-state index contributed by atoms with van der Waals surface area (Å²) >= 11 is 0. The molecule has 0 aliphatic carbocycles. The third-order valence-electron chi connectivity index (χ3n) is 6.44. The minimum atomic E-state index is -0.410. The lowest BCUT2D eigenvalue weighted by Crippen LogP contribution is -2.56. The van der Waals surface area contributed by atoms with Crippen LogP contribution >= 0.6 is 0 Å². The zero-order valence-electron chi connectivity index (χ0n) is 17.1. The number of hydrogen-bond acceptors (Lipinski definition) is 4. The van der Waals surface area contributed by atoms with E-state index in [0.717, 1.165) is 44.7 Å². The lowest BCUT2D eigenvalue weighted by molar-refractivity contribution is -0.125. The Morgan fingerprint density at radius 2 is 1.63 bits per heavy atom. The summed E-state index contributed by atoms with van der Waals surface area (Å²) in [6, 6.07) is 19.1. The second-order valence-corrected chi connectivity index (χ2v) is 8.29. The maximum absolute atomic E-state index is 12.8. The standard InChI is InChI=1S/C24H27N5O/c30-23-24(29(19-26-23)22-4-2-1-3-5-22)10-13-27(14-11-24)16-20-6-8-21(9-7-20)17-28-15-12-25-18-28/h1-9,12,15,18H,10-11,13-14,16-17,19H2,(H,26,30). The first-order valence-corrected chi connectivity index (χ1v) is 10.6. The molecule has 6 heteroatoms. The Morgan fingerprint density at radius 1 is 0.933 bits per heavy atom. The number of nitrogens with zero attached hydrogens (tertiary/aromatic N) is 4. The van der Waals surface area contributed by atoms with Crippen LogP contribution in [0.3, 0.4) is 0 Å². The number of amides is 1. The minimum Gasteiger partial charge on any atom is -0.339 e. The fraction of sp³-hybridized carbons (Fsp3) is 0.333. The molecule has 2 aliphatic rings. The van der Waals surface area contributed by atoms with Crippen LogP contribution in [0.2, 0.25) is 0 Å². The molecular weight excluding hydrogens is 374 g/mol. The molecule has 154 valence electrons. The first kappa shape index (κ1) is 18.9. The van der Waals surface area contributed by atoms with Crippen molar-refractivity contribution in [2.45, 2.75) is 31.5 Å². The average molecular weight is 402 g/mol. The van der Waals surface area contributed by atoms with Crippen molar-refractivity contribution in [2.24, 2.45) is 0 Å². The Bertz CT molecular complexity index is 976. The number of carbonyl (C=O) groups excluding carboxylic acids is 1. The fourth-order valence-electron chi connectivity index (χ4n) is 4.71. The minimum absolute atomic E-state index is 0.176. The molecule has 0 unspecified atom stereocenters. The number of carbonyl (C=O) groups is 1. The van der Waals surface area contributed by atoms with Gasteiger partial charge in [-0.2, -0.15) is 0 Å². The molecule has 0 radical (unpaired) electrons. The van der Waals surface area contributed by atoms with Gasteiger partial charge in [-0.15, -0.1) is 0 Å².